The van der Waals surface area contributed by atoms with Gasteiger partial charge in [0.25, 0.3) is 0 Å². The number of aromatic nitrogens is 3. The van der Waals surface area contributed by atoms with Crippen molar-refractivity contribution in [2.75, 3.05) is 0 Å². The van der Waals surface area contributed by atoms with Crippen molar-refractivity contribution in [3.63, 3.8) is 0 Å². The number of hydrogen-bond donors (Lipinski definition) is 1. The molecular weight excluding hydrogens is 230 g/mol. The monoisotopic (exact) mass is 241 g/mol. The maximum absolute atomic E-state index is 5.33. The van der Waals surface area contributed by atoms with Gasteiger partial charge in [-0.3, -0.25) is 4.98 Å². The van der Waals surface area contributed by atoms with E-state index in [1.54, 1.807) is 6.20 Å². The van der Waals surface area contributed by atoms with Crippen molar-refractivity contribution in [1.29, 1.82) is 0 Å². The number of pyridine rings is 1. The van der Waals surface area contributed by atoms with Gasteiger partial charge in [-0.2, -0.15) is 0 Å². The van der Waals surface area contributed by atoms with Crippen LogP contribution in [-0.4, -0.2) is 14.5 Å². The number of benzene rings is 1. The van der Waals surface area contributed by atoms with Crippen molar-refractivity contribution in [2.24, 2.45) is 0 Å². The summed E-state index contributed by atoms with van der Waals surface area (Å²) >= 11 is 5.33. The Bertz CT molecular complexity index is 697. The first kappa shape index (κ1) is 10.2. The zero-order valence-corrected chi connectivity index (χ0v) is 9.95. The average molecular weight is 241 g/mol. The van der Waals surface area contributed by atoms with Gasteiger partial charge in [-0.25, -0.2) is 0 Å². The Labute approximate surface area is 104 Å². The molecule has 0 aliphatic carbocycles. The van der Waals surface area contributed by atoms with Crippen LogP contribution in [-0.2, 0) is 6.54 Å². The molecule has 0 unspecified atom stereocenters. The summed E-state index contributed by atoms with van der Waals surface area (Å²) in [5, 5.41) is 0. The standard InChI is InChI=1S/C13H11N3S/c17-13-15-11-6-1-2-7-12(11)16(13)9-10-5-3-4-8-14-10/h1-8H,9H2,(H,15,17). The maximum atomic E-state index is 5.33. The van der Waals surface area contributed by atoms with Gasteiger partial charge < -0.3 is 9.55 Å². The van der Waals surface area contributed by atoms with E-state index in [9.17, 15) is 0 Å². The summed E-state index contributed by atoms with van der Waals surface area (Å²) in [7, 11) is 0. The van der Waals surface area contributed by atoms with E-state index in [1.165, 1.54) is 0 Å². The lowest BCUT2D eigenvalue weighted by Gasteiger charge is -2.03. The van der Waals surface area contributed by atoms with Gasteiger partial charge in [-0.05, 0) is 36.5 Å². The summed E-state index contributed by atoms with van der Waals surface area (Å²) in [6.07, 6.45) is 1.80. The van der Waals surface area contributed by atoms with E-state index in [1.807, 2.05) is 36.4 Å². The Morgan fingerprint density at radius 2 is 1.94 bits per heavy atom. The highest BCUT2D eigenvalue weighted by atomic mass is 32.1. The third kappa shape index (κ3) is 1.87. The third-order valence-electron chi connectivity index (χ3n) is 2.73. The van der Waals surface area contributed by atoms with Gasteiger partial charge in [-0.1, -0.05) is 18.2 Å². The molecular formula is C13H11N3S. The van der Waals surface area contributed by atoms with E-state index in [0.29, 0.717) is 6.54 Å². The van der Waals surface area contributed by atoms with Crippen molar-refractivity contribution >= 4 is 23.3 Å². The predicted octanol–water partition coefficient (Wildman–Crippen LogP) is 3.14. The van der Waals surface area contributed by atoms with Crippen LogP contribution in [0.4, 0.5) is 0 Å². The van der Waals surface area contributed by atoms with Gasteiger partial charge >= 0.3 is 0 Å². The van der Waals surface area contributed by atoms with E-state index in [2.05, 4.69) is 20.6 Å². The van der Waals surface area contributed by atoms with Gasteiger partial charge in [0.05, 0.1) is 23.3 Å². The van der Waals surface area contributed by atoms with Crippen LogP contribution >= 0.6 is 12.2 Å². The summed E-state index contributed by atoms with van der Waals surface area (Å²) in [5.74, 6) is 0. The first-order valence-electron chi connectivity index (χ1n) is 5.42. The molecule has 2 aromatic heterocycles. The number of hydrogen-bond acceptors (Lipinski definition) is 2. The fraction of sp³-hybridized carbons (Fsp3) is 0.0769. The number of H-pyrrole nitrogens is 1. The van der Waals surface area contributed by atoms with Crippen LogP contribution in [0.2, 0.25) is 0 Å². The second-order valence-electron chi connectivity index (χ2n) is 3.85. The molecule has 3 nitrogen and oxygen atoms in total. The number of nitrogens with one attached hydrogen (secondary N) is 1. The van der Waals surface area contributed by atoms with Crippen LogP contribution in [0.1, 0.15) is 5.69 Å². The second-order valence-corrected chi connectivity index (χ2v) is 4.24. The Hall–Kier alpha value is -1.94. The molecule has 1 aromatic carbocycles. The molecule has 17 heavy (non-hydrogen) atoms. The van der Waals surface area contributed by atoms with Crippen molar-refractivity contribution in [3.05, 3.63) is 59.1 Å². The van der Waals surface area contributed by atoms with Gasteiger partial charge in [0, 0.05) is 6.20 Å². The maximum Gasteiger partial charge on any atom is 0.178 e. The summed E-state index contributed by atoms with van der Waals surface area (Å²) in [5.41, 5.74) is 3.19. The number of fused-ring (bicyclic) bond motifs is 1. The van der Waals surface area contributed by atoms with Crippen molar-refractivity contribution in [1.82, 2.24) is 14.5 Å². The molecule has 1 N–H and O–H groups in total. The van der Waals surface area contributed by atoms with E-state index in [0.717, 1.165) is 21.5 Å². The second kappa shape index (κ2) is 4.14. The molecule has 3 aromatic rings. The molecule has 0 saturated carbocycles. The van der Waals surface area contributed by atoms with E-state index in [4.69, 9.17) is 12.2 Å². The molecule has 84 valence electrons. The number of rotatable bonds is 2. The molecule has 0 aliphatic heterocycles. The van der Waals surface area contributed by atoms with Crippen LogP contribution in [0.25, 0.3) is 11.0 Å². The van der Waals surface area contributed by atoms with Crippen molar-refractivity contribution in [3.8, 4) is 0 Å². The van der Waals surface area contributed by atoms with Gasteiger partial charge in [0.15, 0.2) is 4.77 Å². The smallest absolute Gasteiger partial charge is 0.178 e. The highest BCUT2D eigenvalue weighted by molar-refractivity contribution is 7.71. The predicted molar refractivity (Wildman–Crippen MR) is 70.5 cm³/mol. The molecule has 2 heterocycles. The van der Waals surface area contributed by atoms with Crippen LogP contribution in [0, 0.1) is 4.77 Å². The zero-order chi connectivity index (χ0) is 11.7. The van der Waals surface area contributed by atoms with Gasteiger partial charge in [0.1, 0.15) is 0 Å². The minimum absolute atomic E-state index is 0.698. The lowest BCUT2D eigenvalue weighted by atomic mass is 10.3. The van der Waals surface area contributed by atoms with E-state index in [-0.39, 0.29) is 0 Å². The highest BCUT2D eigenvalue weighted by Crippen LogP contribution is 2.14. The first-order chi connectivity index (χ1) is 8.34. The van der Waals surface area contributed by atoms with Crippen molar-refractivity contribution < 1.29 is 0 Å². The van der Waals surface area contributed by atoms with Crippen LogP contribution in [0.5, 0.6) is 0 Å². The zero-order valence-electron chi connectivity index (χ0n) is 9.13. The molecule has 4 heteroatoms. The molecule has 0 saturated heterocycles. The normalized spacial score (nSPS) is 10.8. The SMILES string of the molecule is S=c1[nH]c2ccccc2n1Cc1ccccn1. The number of para-hydroxylation sites is 2. The summed E-state index contributed by atoms with van der Waals surface area (Å²) in [6.45, 7) is 0.698. The van der Waals surface area contributed by atoms with Crippen LogP contribution in [0.15, 0.2) is 48.7 Å². The minimum atomic E-state index is 0.698. The fourth-order valence-electron chi connectivity index (χ4n) is 1.92. The largest absolute Gasteiger partial charge is 0.331 e. The number of nitrogens with zero attached hydrogens (tertiary/aromatic N) is 2. The van der Waals surface area contributed by atoms with Gasteiger partial charge in [-0.15, -0.1) is 0 Å². The number of aromatic amines is 1. The Morgan fingerprint density at radius 3 is 2.76 bits per heavy atom. The van der Waals surface area contributed by atoms with Crippen LogP contribution < -0.4 is 0 Å². The minimum Gasteiger partial charge on any atom is -0.331 e. The number of imidazole rings is 1. The van der Waals surface area contributed by atoms with Crippen molar-refractivity contribution in [2.45, 2.75) is 6.54 Å². The average Bonchev–Trinajstić information content (AvgIpc) is 2.68. The van der Waals surface area contributed by atoms with E-state index >= 15 is 0 Å². The first-order valence-corrected chi connectivity index (χ1v) is 5.83. The fourth-order valence-corrected chi connectivity index (χ4v) is 2.19. The molecule has 0 aliphatic rings. The third-order valence-corrected chi connectivity index (χ3v) is 3.05. The Morgan fingerprint density at radius 1 is 1.12 bits per heavy atom. The molecule has 3 rings (SSSR count). The molecule has 0 amide bonds. The molecule has 0 atom stereocenters. The quantitative estimate of drug-likeness (QED) is 0.699. The molecule has 0 spiro atoms. The van der Waals surface area contributed by atoms with E-state index < -0.39 is 0 Å². The Balaban J connectivity index is 2.12. The van der Waals surface area contributed by atoms with Crippen LogP contribution in [0.3, 0.4) is 0 Å². The topological polar surface area (TPSA) is 33.6 Å². The highest BCUT2D eigenvalue weighted by Gasteiger charge is 2.04. The summed E-state index contributed by atoms with van der Waals surface area (Å²) in [4.78, 5) is 7.52. The molecule has 0 radical (unpaired) electrons. The molecule has 0 fully saturated rings. The van der Waals surface area contributed by atoms with Gasteiger partial charge in [0.2, 0.25) is 0 Å². The summed E-state index contributed by atoms with van der Waals surface area (Å²) in [6, 6.07) is 14.0. The summed E-state index contributed by atoms with van der Waals surface area (Å²) < 4.78 is 2.80. The lowest BCUT2D eigenvalue weighted by molar-refractivity contribution is 0.785. The lowest BCUT2D eigenvalue weighted by Crippen LogP contribution is -2.01. The Kier molecular flexibility index (Phi) is 2.49. The molecule has 0 bridgehead atoms.